The van der Waals surface area contributed by atoms with Gasteiger partial charge in [0.15, 0.2) is 0 Å². The number of piperidine rings is 1. The minimum absolute atomic E-state index is 0.120. The molecule has 0 spiro atoms. The van der Waals surface area contributed by atoms with Gasteiger partial charge in [-0.05, 0) is 55.8 Å². The zero-order valence-corrected chi connectivity index (χ0v) is 10.6. The van der Waals surface area contributed by atoms with Gasteiger partial charge in [-0.2, -0.15) is 0 Å². The highest BCUT2D eigenvalue weighted by molar-refractivity contribution is 5.16. The van der Waals surface area contributed by atoms with Crippen LogP contribution in [0.25, 0.3) is 0 Å². The zero-order valence-electron chi connectivity index (χ0n) is 10.6. The third-order valence-electron chi connectivity index (χ3n) is 3.85. The van der Waals surface area contributed by atoms with E-state index < -0.39 is 0 Å². The largest absolute Gasteiger partial charge is 0.314 e. The van der Waals surface area contributed by atoms with Crippen LogP contribution in [0.2, 0.25) is 0 Å². The second-order valence-corrected chi connectivity index (χ2v) is 5.12. The quantitative estimate of drug-likeness (QED) is 0.841. The highest BCUT2D eigenvalue weighted by Crippen LogP contribution is 2.22. The van der Waals surface area contributed by atoms with Gasteiger partial charge in [-0.1, -0.05) is 25.5 Å². The summed E-state index contributed by atoms with van der Waals surface area (Å²) in [6, 6.07) is 7.60. The van der Waals surface area contributed by atoms with Crippen LogP contribution in [0, 0.1) is 11.7 Å². The van der Waals surface area contributed by atoms with Crippen molar-refractivity contribution in [2.75, 3.05) is 6.54 Å². The first-order chi connectivity index (χ1) is 8.28. The Kier molecular flexibility index (Phi) is 4.55. The summed E-state index contributed by atoms with van der Waals surface area (Å²) in [4.78, 5) is 0. The average molecular weight is 235 g/mol. The predicted molar refractivity (Wildman–Crippen MR) is 69.5 cm³/mol. The molecule has 17 heavy (non-hydrogen) atoms. The van der Waals surface area contributed by atoms with Gasteiger partial charge in [0.1, 0.15) is 5.82 Å². The molecule has 1 N–H and O–H groups in total. The van der Waals surface area contributed by atoms with Gasteiger partial charge in [-0.25, -0.2) is 4.39 Å². The Balaban J connectivity index is 1.81. The topological polar surface area (TPSA) is 12.0 Å². The van der Waals surface area contributed by atoms with Crippen LogP contribution in [-0.4, -0.2) is 12.6 Å². The van der Waals surface area contributed by atoms with Crippen molar-refractivity contribution in [1.82, 2.24) is 5.32 Å². The van der Waals surface area contributed by atoms with Gasteiger partial charge < -0.3 is 5.32 Å². The Morgan fingerprint density at radius 3 is 3.06 bits per heavy atom. The van der Waals surface area contributed by atoms with E-state index in [0.29, 0.717) is 6.04 Å². The molecule has 1 aliphatic rings. The van der Waals surface area contributed by atoms with E-state index in [1.54, 1.807) is 12.1 Å². The first kappa shape index (κ1) is 12.6. The molecule has 1 fully saturated rings. The van der Waals surface area contributed by atoms with E-state index in [-0.39, 0.29) is 5.82 Å². The highest BCUT2D eigenvalue weighted by atomic mass is 19.1. The van der Waals surface area contributed by atoms with Crippen LogP contribution < -0.4 is 5.32 Å². The molecule has 94 valence electrons. The molecule has 0 bridgehead atoms. The van der Waals surface area contributed by atoms with Crippen LogP contribution in [0.15, 0.2) is 24.3 Å². The number of aryl methyl sites for hydroxylation is 1. The molecule has 1 aromatic carbocycles. The summed E-state index contributed by atoms with van der Waals surface area (Å²) >= 11 is 0. The molecule has 0 radical (unpaired) electrons. The molecule has 1 aromatic rings. The molecule has 2 rings (SSSR count). The van der Waals surface area contributed by atoms with Crippen LogP contribution >= 0.6 is 0 Å². The minimum Gasteiger partial charge on any atom is -0.314 e. The van der Waals surface area contributed by atoms with Crippen molar-refractivity contribution in [3.05, 3.63) is 35.6 Å². The Labute approximate surface area is 103 Å². The summed E-state index contributed by atoms with van der Waals surface area (Å²) in [6.07, 6.45) is 5.99. The molecule has 2 heteroatoms. The number of hydrogen-bond donors (Lipinski definition) is 1. The fourth-order valence-electron chi connectivity index (χ4n) is 2.72. The van der Waals surface area contributed by atoms with Crippen molar-refractivity contribution in [2.24, 2.45) is 5.92 Å². The maximum Gasteiger partial charge on any atom is 0.123 e. The van der Waals surface area contributed by atoms with Crippen molar-refractivity contribution in [3.8, 4) is 0 Å². The zero-order chi connectivity index (χ0) is 12.1. The molecule has 1 heterocycles. The third kappa shape index (κ3) is 3.81. The van der Waals surface area contributed by atoms with Gasteiger partial charge in [-0.3, -0.25) is 0 Å². The van der Waals surface area contributed by atoms with Gasteiger partial charge in [-0.15, -0.1) is 0 Å². The van der Waals surface area contributed by atoms with Crippen LogP contribution in [0.3, 0.4) is 0 Å². The van der Waals surface area contributed by atoms with Gasteiger partial charge >= 0.3 is 0 Å². The number of nitrogens with one attached hydrogen (secondary N) is 1. The smallest absolute Gasteiger partial charge is 0.123 e. The van der Waals surface area contributed by atoms with Gasteiger partial charge in [0.2, 0.25) is 0 Å². The maximum atomic E-state index is 13.0. The summed E-state index contributed by atoms with van der Waals surface area (Å²) in [6.45, 7) is 3.42. The van der Waals surface area contributed by atoms with Crippen molar-refractivity contribution in [1.29, 1.82) is 0 Å². The van der Waals surface area contributed by atoms with E-state index >= 15 is 0 Å². The fourth-order valence-corrected chi connectivity index (χ4v) is 2.72. The van der Waals surface area contributed by atoms with Crippen LogP contribution in [-0.2, 0) is 6.42 Å². The number of halogens is 1. The lowest BCUT2D eigenvalue weighted by Crippen LogP contribution is -2.38. The van der Waals surface area contributed by atoms with Gasteiger partial charge in [0, 0.05) is 6.04 Å². The van der Waals surface area contributed by atoms with E-state index in [1.807, 2.05) is 6.07 Å². The van der Waals surface area contributed by atoms with E-state index in [2.05, 4.69) is 12.2 Å². The van der Waals surface area contributed by atoms with E-state index in [9.17, 15) is 4.39 Å². The first-order valence-corrected chi connectivity index (χ1v) is 6.75. The minimum atomic E-state index is -0.120. The third-order valence-corrected chi connectivity index (χ3v) is 3.85. The average Bonchev–Trinajstić information content (AvgIpc) is 2.37. The normalized spacial score (nSPS) is 24.8. The summed E-state index contributed by atoms with van der Waals surface area (Å²) in [7, 11) is 0. The molecule has 2 unspecified atom stereocenters. The molecule has 1 aliphatic heterocycles. The molecule has 2 atom stereocenters. The number of hydrogen-bond acceptors (Lipinski definition) is 1. The van der Waals surface area contributed by atoms with Crippen LogP contribution in [0.1, 0.15) is 38.2 Å². The molecular formula is C15H22FN. The predicted octanol–water partition coefficient (Wildman–Crippen LogP) is 3.54. The second kappa shape index (κ2) is 6.15. The Morgan fingerprint density at radius 2 is 2.29 bits per heavy atom. The first-order valence-electron chi connectivity index (χ1n) is 6.75. The summed E-state index contributed by atoms with van der Waals surface area (Å²) < 4.78 is 13.0. The molecule has 1 saturated heterocycles. The lowest BCUT2D eigenvalue weighted by Gasteiger charge is -2.29. The van der Waals surface area contributed by atoms with E-state index in [1.165, 1.54) is 25.3 Å². The maximum absolute atomic E-state index is 13.0. The fraction of sp³-hybridized carbons (Fsp3) is 0.600. The standard InChI is InChI=1S/C15H22FN/c1-2-12-8-9-17-15(11-12)7-6-13-4-3-5-14(16)10-13/h3-5,10,12,15,17H,2,6-9,11H2,1H3. The number of rotatable bonds is 4. The Morgan fingerprint density at radius 1 is 1.41 bits per heavy atom. The molecular weight excluding hydrogens is 213 g/mol. The van der Waals surface area contributed by atoms with Crippen molar-refractivity contribution >= 4 is 0 Å². The lowest BCUT2D eigenvalue weighted by molar-refractivity contribution is 0.285. The monoisotopic (exact) mass is 235 g/mol. The highest BCUT2D eigenvalue weighted by Gasteiger charge is 2.19. The molecule has 0 saturated carbocycles. The van der Waals surface area contributed by atoms with Crippen LogP contribution in [0.5, 0.6) is 0 Å². The van der Waals surface area contributed by atoms with E-state index in [0.717, 1.165) is 30.9 Å². The van der Waals surface area contributed by atoms with Crippen molar-refractivity contribution < 1.29 is 4.39 Å². The van der Waals surface area contributed by atoms with E-state index in [4.69, 9.17) is 0 Å². The summed E-state index contributed by atoms with van der Waals surface area (Å²) in [5.74, 6) is 0.763. The summed E-state index contributed by atoms with van der Waals surface area (Å²) in [5, 5.41) is 3.57. The van der Waals surface area contributed by atoms with Crippen LogP contribution in [0.4, 0.5) is 4.39 Å². The van der Waals surface area contributed by atoms with Gasteiger partial charge in [0.05, 0.1) is 0 Å². The number of benzene rings is 1. The molecule has 0 amide bonds. The summed E-state index contributed by atoms with van der Waals surface area (Å²) in [5.41, 5.74) is 1.12. The van der Waals surface area contributed by atoms with Crippen molar-refractivity contribution in [2.45, 2.75) is 45.1 Å². The Hall–Kier alpha value is -0.890. The second-order valence-electron chi connectivity index (χ2n) is 5.12. The molecule has 1 nitrogen and oxygen atoms in total. The molecule has 0 aromatic heterocycles. The molecule has 0 aliphatic carbocycles. The van der Waals surface area contributed by atoms with Gasteiger partial charge in [0.25, 0.3) is 0 Å². The van der Waals surface area contributed by atoms with Crippen molar-refractivity contribution in [3.63, 3.8) is 0 Å². The lowest BCUT2D eigenvalue weighted by atomic mass is 9.88. The Bertz CT molecular complexity index is 351. The SMILES string of the molecule is CCC1CCNC(CCc2cccc(F)c2)C1.